The lowest BCUT2D eigenvalue weighted by molar-refractivity contribution is 0.384. The lowest BCUT2D eigenvalue weighted by atomic mass is 10.7. The molecule has 1 unspecified atom stereocenters. The molecule has 0 rings (SSSR count). The number of rotatable bonds is 4. The fraction of sp³-hybridized carbons (Fsp3) is 1.00. The quantitative estimate of drug-likeness (QED) is 0.632. The van der Waals surface area contributed by atoms with Crippen molar-refractivity contribution in [2.24, 2.45) is 0 Å². The van der Waals surface area contributed by atoms with Gasteiger partial charge in [0.05, 0.1) is 6.16 Å². The lowest BCUT2D eigenvalue weighted by Gasteiger charge is -2.20. The standard InChI is InChI=1S/C6H17N2O2P/c1-7(2)5-6-11(9,10)8(3)4/h5-6H2,1-4H3,(H,9,10). The Bertz CT molecular complexity index is 159. The molecule has 0 aromatic carbocycles. The highest BCUT2D eigenvalue weighted by atomic mass is 31.2. The van der Waals surface area contributed by atoms with E-state index in [-0.39, 0.29) is 0 Å². The maximum absolute atomic E-state index is 11.3. The molecule has 0 aliphatic carbocycles. The molecule has 0 fully saturated rings. The van der Waals surface area contributed by atoms with E-state index in [0.717, 1.165) is 0 Å². The molecule has 1 N–H and O–H groups in total. The third-order valence-corrected chi connectivity index (χ3v) is 3.50. The summed E-state index contributed by atoms with van der Waals surface area (Å²) in [6.07, 6.45) is 0.326. The molecule has 0 aromatic rings. The first-order valence-corrected chi connectivity index (χ1v) is 5.30. The Morgan fingerprint density at radius 3 is 2.00 bits per heavy atom. The van der Waals surface area contributed by atoms with Gasteiger partial charge in [-0.05, 0) is 28.2 Å². The third-order valence-electron chi connectivity index (χ3n) is 1.46. The van der Waals surface area contributed by atoms with Crippen molar-refractivity contribution in [3.05, 3.63) is 0 Å². The zero-order valence-corrected chi connectivity index (χ0v) is 8.51. The van der Waals surface area contributed by atoms with Crippen molar-refractivity contribution in [3.8, 4) is 0 Å². The second-order valence-electron chi connectivity index (χ2n) is 3.04. The van der Waals surface area contributed by atoms with Crippen molar-refractivity contribution in [3.63, 3.8) is 0 Å². The summed E-state index contributed by atoms with van der Waals surface area (Å²) in [6.45, 7) is 0.645. The summed E-state index contributed by atoms with van der Waals surface area (Å²) in [4.78, 5) is 11.2. The first kappa shape index (κ1) is 11.1. The van der Waals surface area contributed by atoms with Crippen molar-refractivity contribution < 1.29 is 9.46 Å². The fourth-order valence-electron chi connectivity index (χ4n) is 0.530. The van der Waals surface area contributed by atoms with Gasteiger partial charge in [-0.3, -0.25) is 4.57 Å². The first-order chi connectivity index (χ1) is 4.86. The van der Waals surface area contributed by atoms with Gasteiger partial charge in [-0.2, -0.15) is 0 Å². The molecule has 0 amide bonds. The van der Waals surface area contributed by atoms with Crippen LogP contribution in [0.25, 0.3) is 0 Å². The van der Waals surface area contributed by atoms with Gasteiger partial charge in [0.2, 0.25) is 0 Å². The molecule has 1 atom stereocenters. The predicted molar refractivity (Wildman–Crippen MR) is 46.9 cm³/mol. The van der Waals surface area contributed by atoms with Crippen LogP contribution >= 0.6 is 7.52 Å². The second-order valence-corrected chi connectivity index (χ2v) is 5.62. The predicted octanol–water partition coefficient (Wildman–Crippen LogP) is 0.295. The van der Waals surface area contributed by atoms with E-state index in [2.05, 4.69) is 0 Å². The molecular formula is C6H17N2O2P. The monoisotopic (exact) mass is 180 g/mol. The SMILES string of the molecule is CN(C)CCP(=O)(O)N(C)C. The summed E-state index contributed by atoms with van der Waals surface area (Å²) in [7, 11) is 3.99. The molecule has 0 spiro atoms. The van der Waals surface area contributed by atoms with Crippen molar-refractivity contribution in [1.29, 1.82) is 0 Å². The van der Waals surface area contributed by atoms with Crippen LogP contribution in [0.4, 0.5) is 0 Å². The minimum Gasteiger partial charge on any atom is -0.333 e. The summed E-state index contributed by atoms with van der Waals surface area (Å²) in [5, 5.41) is 0. The van der Waals surface area contributed by atoms with Crippen LogP contribution in [-0.4, -0.2) is 55.4 Å². The normalized spacial score (nSPS) is 17.4. The van der Waals surface area contributed by atoms with Crippen LogP contribution < -0.4 is 0 Å². The minimum absolute atomic E-state index is 0.326. The molecule has 0 saturated heterocycles. The van der Waals surface area contributed by atoms with Gasteiger partial charge in [-0.1, -0.05) is 0 Å². The Kier molecular flexibility index (Phi) is 4.26. The number of hydrogen-bond donors (Lipinski definition) is 1. The van der Waals surface area contributed by atoms with Gasteiger partial charge in [0.15, 0.2) is 0 Å². The topological polar surface area (TPSA) is 43.8 Å². The van der Waals surface area contributed by atoms with Crippen LogP contribution in [-0.2, 0) is 4.57 Å². The molecule has 0 aliphatic rings. The summed E-state index contributed by atoms with van der Waals surface area (Å²) < 4.78 is 12.7. The van der Waals surface area contributed by atoms with Crippen LogP contribution in [0.15, 0.2) is 0 Å². The van der Waals surface area contributed by atoms with E-state index >= 15 is 0 Å². The van der Waals surface area contributed by atoms with E-state index < -0.39 is 7.52 Å². The molecule has 5 heteroatoms. The minimum atomic E-state index is -3.03. The maximum atomic E-state index is 11.3. The van der Waals surface area contributed by atoms with Gasteiger partial charge < -0.3 is 9.79 Å². The Labute approximate surface area is 68.3 Å². The van der Waals surface area contributed by atoms with E-state index in [0.29, 0.717) is 12.7 Å². The van der Waals surface area contributed by atoms with E-state index in [9.17, 15) is 9.46 Å². The highest BCUT2D eigenvalue weighted by Crippen LogP contribution is 2.41. The Morgan fingerprint density at radius 1 is 1.27 bits per heavy atom. The Balaban J connectivity index is 3.84. The number of hydrogen-bond acceptors (Lipinski definition) is 2. The summed E-state index contributed by atoms with van der Waals surface area (Å²) in [5.41, 5.74) is 0. The van der Waals surface area contributed by atoms with E-state index in [1.807, 2.05) is 19.0 Å². The van der Waals surface area contributed by atoms with E-state index in [4.69, 9.17) is 0 Å². The van der Waals surface area contributed by atoms with E-state index in [1.165, 1.54) is 4.67 Å². The van der Waals surface area contributed by atoms with Crippen molar-refractivity contribution >= 4 is 7.52 Å². The molecule has 68 valence electrons. The molecule has 0 heterocycles. The van der Waals surface area contributed by atoms with Gasteiger partial charge >= 0.3 is 0 Å². The van der Waals surface area contributed by atoms with Crippen molar-refractivity contribution in [1.82, 2.24) is 9.57 Å². The zero-order chi connectivity index (χ0) is 9.07. The van der Waals surface area contributed by atoms with Gasteiger partial charge in [0, 0.05) is 6.54 Å². The van der Waals surface area contributed by atoms with Crippen LogP contribution in [0, 0.1) is 0 Å². The molecular weight excluding hydrogens is 163 g/mol. The average Bonchev–Trinajstić information content (AvgIpc) is 1.84. The van der Waals surface area contributed by atoms with Gasteiger partial charge in [0.25, 0.3) is 7.52 Å². The Hall–Kier alpha value is 0.110. The number of nitrogens with zero attached hydrogens (tertiary/aromatic N) is 2. The lowest BCUT2D eigenvalue weighted by Crippen LogP contribution is -2.20. The van der Waals surface area contributed by atoms with Crippen LogP contribution in [0.2, 0.25) is 0 Å². The molecule has 0 aromatic heterocycles. The van der Waals surface area contributed by atoms with E-state index in [1.54, 1.807) is 14.1 Å². The van der Waals surface area contributed by atoms with Crippen LogP contribution in [0.5, 0.6) is 0 Å². The van der Waals surface area contributed by atoms with Gasteiger partial charge in [0.1, 0.15) is 0 Å². The average molecular weight is 180 g/mol. The highest BCUT2D eigenvalue weighted by molar-refractivity contribution is 7.55. The summed E-state index contributed by atoms with van der Waals surface area (Å²) >= 11 is 0. The highest BCUT2D eigenvalue weighted by Gasteiger charge is 2.20. The summed E-state index contributed by atoms with van der Waals surface area (Å²) in [5.74, 6) is 0. The second kappa shape index (κ2) is 4.21. The maximum Gasteiger partial charge on any atom is 0.270 e. The molecule has 0 aliphatic heterocycles. The largest absolute Gasteiger partial charge is 0.333 e. The smallest absolute Gasteiger partial charge is 0.270 e. The molecule has 0 radical (unpaired) electrons. The van der Waals surface area contributed by atoms with Crippen molar-refractivity contribution in [2.75, 3.05) is 40.9 Å². The third kappa shape index (κ3) is 4.53. The Morgan fingerprint density at radius 2 is 1.73 bits per heavy atom. The molecule has 4 nitrogen and oxygen atoms in total. The molecule has 11 heavy (non-hydrogen) atoms. The summed E-state index contributed by atoms with van der Waals surface area (Å²) in [6, 6.07) is 0. The van der Waals surface area contributed by atoms with Crippen LogP contribution in [0.1, 0.15) is 0 Å². The van der Waals surface area contributed by atoms with Crippen LogP contribution in [0.3, 0.4) is 0 Å². The fourth-order valence-corrected chi connectivity index (χ4v) is 1.59. The van der Waals surface area contributed by atoms with Crippen molar-refractivity contribution in [2.45, 2.75) is 0 Å². The molecule has 0 saturated carbocycles. The molecule has 0 bridgehead atoms. The van der Waals surface area contributed by atoms with Gasteiger partial charge in [-0.15, -0.1) is 0 Å². The van der Waals surface area contributed by atoms with Gasteiger partial charge in [-0.25, -0.2) is 4.67 Å². The first-order valence-electron chi connectivity index (χ1n) is 3.50. The zero-order valence-electron chi connectivity index (χ0n) is 7.61.